The Balaban J connectivity index is 1.72. The molecule has 0 saturated heterocycles. The third-order valence-electron chi connectivity index (χ3n) is 3.28. The molecule has 8 heteroatoms. The van der Waals surface area contributed by atoms with Crippen molar-refractivity contribution in [2.75, 3.05) is 11.1 Å². The molecule has 6 nitrogen and oxygen atoms in total. The summed E-state index contributed by atoms with van der Waals surface area (Å²) in [5.41, 5.74) is 3.51. The van der Waals surface area contributed by atoms with Crippen molar-refractivity contribution in [1.29, 1.82) is 0 Å². The fourth-order valence-electron chi connectivity index (χ4n) is 2.26. The van der Waals surface area contributed by atoms with Crippen LogP contribution in [0.4, 0.5) is 5.13 Å². The molecule has 124 valence electrons. The van der Waals surface area contributed by atoms with Gasteiger partial charge in [-0.1, -0.05) is 30.0 Å². The summed E-state index contributed by atoms with van der Waals surface area (Å²) in [6.45, 7) is 6.01. The molecule has 2 aromatic heterocycles. The minimum absolute atomic E-state index is 0.195. The van der Waals surface area contributed by atoms with Crippen molar-refractivity contribution in [3.63, 3.8) is 0 Å². The van der Waals surface area contributed by atoms with E-state index in [0.29, 0.717) is 10.7 Å². The minimum atomic E-state index is -0.195. The zero-order valence-corrected chi connectivity index (χ0v) is 15.2. The molecule has 24 heavy (non-hydrogen) atoms. The Labute approximate surface area is 148 Å². The van der Waals surface area contributed by atoms with E-state index in [0.717, 1.165) is 27.2 Å². The molecular formula is C16H17N5OS2. The van der Waals surface area contributed by atoms with Gasteiger partial charge >= 0.3 is 0 Å². The summed E-state index contributed by atoms with van der Waals surface area (Å²) in [5.74, 6) is 0.732. The molecular weight excluding hydrogens is 342 g/mol. The number of nitrogens with zero attached hydrogens (tertiary/aromatic N) is 4. The highest BCUT2D eigenvalue weighted by molar-refractivity contribution is 8.01. The van der Waals surface area contributed by atoms with Crippen LogP contribution in [0.2, 0.25) is 0 Å². The molecule has 0 unspecified atom stereocenters. The number of anilines is 1. The number of rotatable bonds is 5. The number of hydrogen-bond donors (Lipinski definition) is 1. The Morgan fingerprint density at radius 1 is 1.25 bits per heavy atom. The topological polar surface area (TPSA) is 72.7 Å². The largest absolute Gasteiger partial charge is 0.296 e. The third-order valence-corrected chi connectivity index (χ3v) is 5.13. The first-order chi connectivity index (χ1) is 11.6. The number of nitrogens with one attached hydrogen (secondary N) is 1. The van der Waals surface area contributed by atoms with Gasteiger partial charge in [-0.2, -0.15) is 5.10 Å². The van der Waals surface area contributed by atoms with Crippen LogP contribution in [0.3, 0.4) is 0 Å². The van der Waals surface area contributed by atoms with Gasteiger partial charge in [-0.25, -0.2) is 4.68 Å². The molecule has 1 amide bonds. The van der Waals surface area contributed by atoms with E-state index in [9.17, 15) is 4.79 Å². The highest BCUT2D eigenvalue weighted by atomic mass is 32.2. The van der Waals surface area contributed by atoms with E-state index in [1.165, 1.54) is 11.3 Å². The molecule has 0 aliphatic rings. The normalized spacial score (nSPS) is 10.8. The summed E-state index contributed by atoms with van der Waals surface area (Å²) in [6, 6.07) is 9.34. The Morgan fingerprint density at radius 2 is 2.00 bits per heavy atom. The van der Waals surface area contributed by atoms with Gasteiger partial charge in [0.25, 0.3) is 5.91 Å². The fourth-order valence-corrected chi connectivity index (χ4v) is 3.90. The van der Waals surface area contributed by atoms with Crippen molar-refractivity contribution in [1.82, 2.24) is 20.0 Å². The highest BCUT2D eigenvalue weighted by Gasteiger charge is 2.11. The van der Waals surface area contributed by atoms with Crippen molar-refractivity contribution in [3.05, 3.63) is 47.3 Å². The standard InChI is InChI=1S/C16H17N5OS2/c1-4-23-16-19-18-15(24-16)17-14(22)12-5-7-13(8-6-12)21-11(3)9-10(2)20-21/h5-9H,4H2,1-3H3,(H,17,18,22). The highest BCUT2D eigenvalue weighted by Crippen LogP contribution is 2.25. The monoisotopic (exact) mass is 359 g/mol. The molecule has 0 radical (unpaired) electrons. The number of carbonyl (C=O) groups is 1. The Kier molecular flexibility index (Phi) is 4.96. The lowest BCUT2D eigenvalue weighted by Crippen LogP contribution is -2.12. The molecule has 2 heterocycles. The van der Waals surface area contributed by atoms with Crippen molar-refractivity contribution in [2.24, 2.45) is 0 Å². The summed E-state index contributed by atoms with van der Waals surface area (Å²) in [6.07, 6.45) is 0. The van der Waals surface area contributed by atoms with Crippen molar-refractivity contribution < 1.29 is 4.79 Å². The van der Waals surface area contributed by atoms with Crippen LogP contribution in [0, 0.1) is 13.8 Å². The minimum Gasteiger partial charge on any atom is -0.296 e. The summed E-state index contributed by atoms with van der Waals surface area (Å²) < 4.78 is 2.71. The molecule has 1 aromatic carbocycles. The summed E-state index contributed by atoms with van der Waals surface area (Å²) >= 11 is 2.99. The molecule has 0 bridgehead atoms. The first-order valence-electron chi connectivity index (χ1n) is 7.48. The van der Waals surface area contributed by atoms with Gasteiger partial charge in [0, 0.05) is 11.3 Å². The van der Waals surface area contributed by atoms with Gasteiger partial charge in [-0.3, -0.25) is 10.1 Å². The molecule has 0 spiro atoms. The molecule has 0 fully saturated rings. The average molecular weight is 359 g/mol. The second-order valence-corrected chi connectivity index (χ2v) is 7.63. The van der Waals surface area contributed by atoms with E-state index >= 15 is 0 Å². The Hall–Kier alpha value is -2.19. The first kappa shape index (κ1) is 16.7. The van der Waals surface area contributed by atoms with E-state index in [4.69, 9.17) is 0 Å². The lowest BCUT2D eigenvalue weighted by molar-refractivity contribution is 0.102. The predicted molar refractivity (Wildman–Crippen MR) is 97.3 cm³/mol. The zero-order chi connectivity index (χ0) is 17.1. The number of amides is 1. The summed E-state index contributed by atoms with van der Waals surface area (Å²) in [4.78, 5) is 12.3. The predicted octanol–water partition coefficient (Wildman–Crippen LogP) is 3.70. The lowest BCUT2D eigenvalue weighted by atomic mass is 10.2. The molecule has 0 atom stereocenters. The van der Waals surface area contributed by atoms with E-state index < -0.39 is 0 Å². The lowest BCUT2D eigenvalue weighted by Gasteiger charge is -2.06. The number of thioether (sulfide) groups is 1. The second-order valence-electron chi connectivity index (χ2n) is 5.15. The van der Waals surface area contributed by atoms with Crippen LogP contribution in [0.25, 0.3) is 5.69 Å². The van der Waals surface area contributed by atoms with E-state index in [1.807, 2.05) is 36.7 Å². The fraction of sp³-hybridized carbons (Fsp3) is 0.250. The van der Waals surface area contributed by atoms with E-state index in [-0.39, 0.29) is 5.91 Å². The van der Waals surface area contributed by atoms with Crippen LogP contribution < -0.4 is 5.32 Å². The summed E-state index contributed by atoms with van der Waals surface area (Å²) in [7, 11) is 0. The van der Waals surface area contributed by atoms with Gasteiger partial charge in [-0.05, 0) is 49.9 Å². The van der Waals surface area contributed by atoms with Crippen molar-refractivity contribution in [2.45, 2.75) is 25.1 Å². The van der Waals surface area contributed by atoms with Gasteiger partial charge in [0.2, 0.25) is 5.13 Å². The van der Waals surface area contributed by atoms with Crippen LogP contribution in [-0.4, -0.2) is 31.6 Å². The van der Waals surface area contributed by atoms with Gasteiger partial charge in [0.1, 0.15) is 0 Å². The number of carbonyl (C=O) groups excluding carboxylic acids is 1. The molecule has 3 rings (SSSR count). The maximum Gasteiger partial charge on any atom is 0.257 e. The molecule has 0 saturated carbocycles. The molecule has 0 aliphatic carbocycles. The number of aryl methyl sites for hydroxylation is 2. The van der Waals surface area contributed by atoms with E-state index in [1.54, 1.807) is 23.9 Å². The zero-order valence-electron chi connectivity index (χ0n) is 13.6. The molecule has 3 aromatic rings. The van der Waals surface area contributed by atoms with Crippen LogP contribution in [-0.2, 0) is 0 Å². The summed E-state index contributed by atoms with van der Waals surface area (Å²) in [5, 5.41) is 15.7. The van der Waals surface area contributed by atoms with Gasteiger partial charge in [0.15, 0.2) is 4.34 Å². The number of benzene rings is 1. The number of aromatic nitrogens is 4. The van der Waals surface area contributed by atoms with Gasteiger partial charge < -0.3 is 0 Å². The smallest absolute Gasteiger partial charge is 0.257 e. The van der Waals surface area contributed by atoms with Crippen LogP contribution in [0.1, 0.15) is 28.7 Å². The first-order valence-corrected chi connectivity index (χ1v) is 9.28. The van der Waals surface area contributed by atoms with Gasteiger partial charge in [-0.15, -0.1) is 10.2 Å². The molecule has 1 N–H and O–H groups in total. The van der Waals surface area contributed by atoms with Crippen LogP contribution >= 0.6 is 23.1 Å². The van der Waals surface area contributed by atoms with Gasteiger partial charge in [0.05, 0.1) is 11.4 Å². The SMILES string of the molecule is CCSc1nnc(NC(=O)c2ccc(-n3nc(C)cc3C)cc2)s1. The Morgan fingerprint density at radius 3 is 2.62 bits per heavy atom. The quantitative estimate of drug-likeness (QED) is 0.555. The maximum absolute atomic E-state index is 12.3. The van der Waals surface area contributed by atoms with E-state index in [2.05, 4.69) is 27.5 Å². The number of hydrogen-bond acceptors (Lipinski definition) is 6. The second kappa shape index (κ2) is 7.14. The van der Waals surface area contributed by atoms with Crippen LogP contribution in [0.5, 0.6) is 0 Å². The maximum atomic E-state index is 12.3. The van der Waals surface area contributed by atoms with Crippen LogP contribution in [0.15, 0.2) is 34.7 Å². The third kappa shape index (κ3) is 3.65. The molecule has 0 aliphatic heterocycles. The average Bonchev–Trinajstić information content (AvgIpc) is 3.14. The van der Waals surface area contributed by atoms with Crippen molar-refractivity contribution >= 4 is 34.1 Å². The Bertz CT molecular complexity index is 854. The van der Waals surface area contributed by atoms with Crippen molar-refractivity contribution in [3.8, 4) is 5.69 Å².